The summed E-state index contributed by atoms with van der Waals surface area (Å²) in [4.78, 5) is 32.7. The maximum Gasteiger partial charge on any atom is 0.483 e. The number of nitrogens with zero attached hydrogens (tertiary/aromatic N) is 2. The Balaban J connectivity index is 1.84. The van der Waals surface area contributed by atoms with Crippen LogP contribution in [0.4, 0.5) is 14.5 Å². The molecule has 0 saturated carbocycles. The molecule has 4 rings (SSSR count). The van der Waals surface area contributed by atoms with Gasteiger partial charge in [0.15, 0.2) is 5.75 Å². The molecule has 0 saturated heterocycles. The van der Waals surface area contributed by atoms with Crippen LogP contribution < -0.4 is 15.2 Å². The summed E-state index contributed by atoms with van der Waals surface area (Å²) in [6, 6.07) is 7.91. The Kier molecular flexibility index (Phi) is 4.58. The molecular formula is C21H19F2N3O4. The van der Waals surface area contributed by atoms with Crippen molar-refractivity contribution < 1.29 is 23.4 Å². The zero-order valence-electron chi connectivity index (χ0n) is 16.5. The van der Waals surface area contributed by atoms with E-state index in [1.54, 1.807) is 12.1 Å². The molecule has 1 aliphatic heterocycles. The summed E-state index contributed by atoms with van der Waals surface area (Å²) in [5.41, 5.74) is 2.39. The van der Waals surface area contributed by atoms with Crippen LogP contribution in [-0.2, 0) is 11.3 Å². The van der Waals surface area contributed by atoms with E-state index < -0.39 is 30.2 Å². The van der Waals surface area contributed by atoms with Gasteiger partial charge in [-0.3, -0.25) is 14.5 Å². The minimum atomic E-state index is -4.14. The van der Waals surface area contributed by atoms with Crippen LogP contribution in [0.3, 0.4) is 0 Å². The van der Waals surface area contributed by atoms with Gasteiger partial charge < -0.3 is 14.8 Å². The second-order valence-electron chi connectivity index (χ2n) is 7.35. The highest BCUT2D eigenvalue weighted by Crippen LogP contribution is 2.43. The summed E-state index contributed by atoms with van der Waals surface area (Å²) >= 11 is 0. The van der Waals surface area contributed by atoms with Gasteiger partial charge in [0.25, 0.3) is 5.56 Å². The Hall–Kier alpha value is -3.33. The van der Waals surface area contributed by atoms with Crippen LogP contribution in [0.5, 0.6) is 5.75 Å². The molecule has 1 amide bonds. The number of aliphatic hydroxyl groups is 1. The highest BCUT2D eigenvalue weighted by Gasteiger charge is 2.51. The maximum atomic E-state index is 14.3. The van der Waals surface area contributed by atoms with Gasteiger partial charge in [-0.15, -0.1) is 0 Å². The number of H-pyrrole nitrogens is 1. The summed E-state index contributed by atoms with van der Waals surface area (Å²) in [6.07, 6.45) is -5.24. The monoisotopic (exact) mass is 415 g/mol. The van der Waals surface area contributed by atoms with E-state index in [1.165, 1.54) is 25.1 Å². The van der Waals surface area contributed by atoms with Crippen molar-refractivity contribution >= 4 is 22.6 Å². The van der Waals surface area contributed by atoms with Crippen molar-refractivity contribution in [3.8, 4) is 5.75 Å². The Bertz CT molecular complexity index is 1240. The van der Waals surface area contributed by atoms with E-state index in [0.29, 0.717) is 11.0 Å². The lowest BCUT2D eigenvalue weighted by Gasteiger charge is -2.34. The van der Waals surface area contributed by atoms with Crippen molar-refractivity contribution in [3.63, 3.8) is 0 Å². The van der Waals surface area contributed by atoms with Crippen molar-refractivity contribution in [2.24, 2.45) is 0 Å². The number of anilines is 1. The maximum absolute atomic E-state index is 14.3. The molecule has 0 unspecified atom stereocenters. The number of ether oxygens (including phenoxy) is 1. The van der Waals surface area contributed by atoms with E-state index in [1.807, 2.05) is 13.8 Å². The SMILES string of the molecule is Cc1cc2nc(CN3C(=O)C(F)(F)Oc4c([C@H](C)O)cccc43)c(=O)[nH]c2cc1C. The number of amides is 1. The van der Waals surface area contributed by atoms with Crippen LogP contribution in [0, 0.1) is 13.8 Å². The molecule has 3 aromatic rings. The number of carbonyl (C=O) groups excluding carboxylic acids is 1. The second kappa shape index (κ2) is 6.88. The highest BCUT2D eigenvalue weighted by atomic mass is 19.3. The predicted octanol–water partition coefficient (Wildman–Crippen LogP) is 3.11. The number of alkyl halides is 2. The predicted molar refractivity (Wildman–Crippen MR) is 106 cm³/mol. The van der Waals surface area contributed by atoms with Gasteiger partial charge in [-0.2, -0.15) is 8.78 Å². The van der Waals surface area contributed by atoms with E-state index in [-0.39, 0.29) is 22.7 Å². The summed E-state index contributed by atoms with van der Waals surface area (Å²) in [7, 11) is 0. The first-order valence-electron chi connectivity index (χ1n) is 9.28. The lowest BCUT2D eigenvalue weighted by Crippen LogP contribution is -2.51. The van der Waals surface area contributed by atoms with E-state index in [4.69, 9.17) is 0 Å². The highest BCUT2D eigenvalue weighted by molar-refractivity contribution is 6.01. The molecular weight excluding hydrogens is 396 g/mol. The zero-order valence-corrected chi connectivity index (χ0v) is 16.5. The second-order valence-corrected chi connectivity index (χ2v) is 7.35. The first-order chi connectivity index (χ1) is 14.1. The van der Waals surface area contributed by atoms with E-state index in [9.17, 15) is 23.5 Å². The molecule has 7 nitrogen and oxygen atoms in total. The van der Waals surface area contributed by atoms with Gasteiger partial charge in [-0.25, -0.2) is 4.98 Å². The number of aryl methyl sites for hydroxylation is 2. The first-order valence-corrected chi connectivity index (χ1v) is 9.28. The molecule has 30 heavy (non-hydrogen) atoms. The van der Waals surface area contributed by atoms with E-state index in [0.717, 1.165) is 16.0 Å². The minimum Gasteiger partial charge on any atom is -0.423 e. The fraction of sp³-hybridized carbons (Fsp3) is 0.286. The van der Waals surface area contributed by atoms with Crippen molar-refractivity contribution in [2.75, 3.05) is 4.90 Å². The average Bonchev–Trinajstić information content (AvgIpc) is 2.66. The van der Waals surface area contributed by atoms with Gasteiger partial charge in [0.05, 0.1) is 29.4 Å². The van der Waals surface area contributed by atoms with Crippen LogP contribution in [-0.4, -0.2) is 27.1 Å². The number of para-hydroxylation sites is 1. The Labute approximate surface area is 169 Å². The Morgan fingerprint density at radius 3 is 2.63 bits per heavy atom. The zero-order chi connectivity index (χ0) is 21.8. The molecule has 156 valence electrons. The van der Waals surface area contributed by atoms with Gasteiger partial charge in [0, 0.05) is 5.56 Å². The molecule has 2 N–H and O–H groups in total. The molecule has 2 heterocycles. The number of aromatic amines is 1. The number of carbonyl (C=O) groups is 1. The lowest BCUT2D eigenvalue weighted by atomic mass is 10.1. The van der Waals surface area contributed by atoms with E-state index >= 15 is 0 Å². The molecule has 0 fully saturated rings. The number of halogens is 2. The third-order valence-electron chi connectivity index (χ3n) is 5.18. The third-order valence-corrected chi connectivity index (χ3v) is 5.18. The number of aromatic nitrogens is 2. The van der Waals surface area contributed by atoms with Gasteiger partial charge in [0.2, 0.25) is 0 Å². The smallest absolute Gasteiger partial charge is 0.423 e. The Morgan fingerprint density at radius 2 is 1.93 bits per heavy atom. The molecule has 1 atom stereocenters. The Morgan fingerprint density at radius 1 is 1.23 bits per heavy atom. The average molecular weight is 415 g/mol. The van der Waals surface area contributed by atoms with Gasteiger partial charge in [0.1, 0.15) is 5.69 Å². The summed E-state index contributed by atoms with van der Waals surface area (Å²) in [5, 5.41) is 9.91. The number of fused-ring (bicyclic) bond motifs is 2. The first kappa shape index (κ1) is 20.0. The summed E-state index contributed by atoms with van der Waals surface area (Å²) < 4.78 is 33.3. The van der Waals surface area contributed by atoms with Gasteiger partial charge >= 0.3 is 12.0 Å². The van der Waals surface area contributed by atoms with Crippen LogP contribution in [0.15, 0.2) is 35.1 Å². The summed E-state index contributed by atoms with van der Waals surface area (Å²) in [6.45, 7) is 4.71. The number of hydrogen-bond acceptors (Lipinski definition) is 5. The molecule has 0 radical (unpaired) electrons. The molecule has 2 aromatic carbocycles. The fourth-order valence-corrected chi connectivity index (χ4v) is 3.43. The van der Waals surface area contributed by atoms with Crippen LogP contribution in [0.25, 0.3) is 11.0 Å². The number of aliphatic hydroxyl groups excluding tert-OH is 1. The standard InChI is InChI=1S/C21H19F2N3O4/c1-10-7-14-15(8-11(10)2)25-19(28)16(24-14)9-26-17-6-4-5-13(12(3)27)18(17)30-21(22,23)20(26)29/h4-8,12,27H,9H2,1-3H3,(H,25,28)/t12-/m0/s1. The van der Waals surface area contributed by atoms with Crippen LogP contribution in [0.1, 0.15) is 35.4 Å². The number of rotatable bonds is 3. The van der Waals surface area contributed by atoms with Crippen molar-refractivity contribution in [3.05, 3.63) is 63.1 Å². The molecule has 9 heteroatoms. The minimum absolute atomic E-state index is 0.0331. The van der Waals surface area contributed by atoms with Gasteiger partial charge in [-0.05, 0) is 50.1 Å². The van der Waals surface area contributed by atoms with Crippen LogP contribution >= 0.6 is 0 Å². The third kappa shape index (κ3) is 3.21. The molecule has 0 bridgehead atoms. The molecule has 0 spiro atoms. The largest absolute Gasteiger partial charge is 0.483 e. The van der Waals surface area contributed by atoms with Crippen molar-refractivity contribution in [1.29, 1.82) is 0 Å². The van der Waals surface area contributed by atoms with E-state index in [2.05, 4.69) is 14.7 Å². The normalized spacial score (nSPS) is 16.3. The lowest BCUT2D eigenvalue weighted by molar-refractivity contribution is -0.193. The number of benzene rings is 2. The quantitative estimate of drug-likeness (QED) is 0.685. The number of nitrogens with one attached hydrogen (secondary N) is 1. The van der Waals surface area contributed by atoms with Crippen molar-refractivity contribution in [2.45, 2.75) is 39.5 Å². The molecule has 0 aliphatic carbocycles. The number of hydrogen-bond donors (Lipinski definition) is 2. The summed E-state index contributed by atoms with van der Waals surface area (Å²) in [5.74, 6) is -1.92. The molecule has 1 aliphatic rings. The van der Waals surface area contributed by atoms with Crippen molar-refractivity contribution in [1.82, 2.24) is 9.97 Å². The van der Waals surface area contributed by atoms with Gasteiger partial charge in [-0.1, -0.05) is 12.1 Å². The fourth-order valence-electron chi connectivity index (χ4n) is 3.43. The topological polar surface area (TPSA) is 95.5 Å². The molecule has 1 aromatic heterocycles. The van der Waals surface area contributed by atoms with Crippen LogP contribution in [0.2, 0.25) is 0 Å².